The highest BCUT2D eigenvalue weighted by molar-refractivity contribution is 14.1. The van der Waals surface area contributed by atoms with E-state index in [1.54, 1.807) is 4.90 Å². The van der Waals surface area contributed by atoms with Gasteiger partial charge in [-0.3, -0.25) is 4.79 Å². The number of likely N-dealkylation sites (tertiary alicyclic amines) is 1. The fraction of sp³-hybridized carbons (Fsp3) is 0.333. The van der Waals surface area contributed by atoms with Crippen LogP contribution in [0.2, 0.25) is 0 Å². The number of carbonyl (C=O) groups is 1. The molecule has 1 amide bonds. The summed E-state index contributed by atoms with van der Waals surface area (Å²) in [6, 6.07) is 0. The first-order valence-corrected chi connectivity index (χ1v) is 7.22. The Hall–Kier alpha value is -1.71. The Morgan fingerprint density at radius 3 is 3.00 bits per heavy atom. The second-order valence-electron chi connectivity index (χ2n) is 4.74. The molecule has 8 heteroatoms. The number of fused-ring (bicyclic) bond motifs is 1. The Labute approximate surface area is 129 Å². The zero-order valence-corrected chi connectivity index (χ0v) is 12.8. The molecule has 0 aromatic carbocycles. The first-order chi connectivity index (χ1) is 9.60. The van der Waals surface area contributed by atoms with Crippen LogP contribution in [0.5, 0.6) is 0 Å². The summed E-state index contributed by atoms with van der Waals surface area (Å²) in [6.07, 6.45) is 2.79. The van der Waals surface area contributed by atoms with E-state index in [4.69, 9.17) is 5.73 Å². The van der Waals surface area contributed by atoms with Crippen molar-refractivity contribution < 1.29 is 4.79 Å². The van der Waals surface area contributed by atoms with E-state index in [-0.39, 0.29) is 5.91 Å². The van der Waals surface area contributed by atoms with Gasteiger partial charge < -0.3 is 10.6 Å². The van der Waals surface area contributed by atoms with Gasteiger partial charge in [0.05, 0.1) is 5.39 Å². The summed E-state index contributed by atoms with van der Waals surface area (Å²) in [7, 11) is 0. The number of carbonyl (C=O) groups excluding carboxylic acids is 1. The molecule has 0 bridgehead atoms. The van der Waals surface area contributed by atoms with Crippen molar-refractivity contribution in [2.75, 3.05) is 18.8 Å². The second-order valence-corrected chi connectivity index (χ2v) is 5.77. The average Bonchev–Trinajstić information content (AvgIpc) is 2.70. The maximum absolute atomic E-state index is 11.4. The summed E-state index contributed by atoms with van der Waals surface area (Å²) in [4.78, 5) is 21.4. The van der Waals surface area contributed by atoms with E-state index in [1.165, 1.54) is 12.4 Å². The van der Waals surface area contributed by atoms with Gasteiger partial charge in [0.25, 0.3) is 0 Å². The molecule has 2 N–H and O–H groups in total. The lowest BCUT2D eigenvalue weighted by Crippen LogP contribution is -2.50. The minimum atomic E-state index is -0.0206. The molecule has 104 valence electrons. The van der Waals surface area contributed by atoms with Gasteiger partial charge in [-0.1, -0.05) is 6.58 Å². The molecule has 2 aromatic heterocycles. The van der Waals surface area contributed by atoms with Crippen LogP contribution < -0.4 is 5.73 Å². The van der Waals surface area contributed by atoms with E-state index in [0.717, 1.165) is 34.4 Å². The van der Waals surface area contributed by atoms with Gasteiger partial charge in [0.2, 0.25) is 5.91 Å². The summed E-state index contributed by atoms with van der Waals surface area (Å²) < 4.78 is 2.64. The lowest BCUT2D eigenvalue weighted by molar-refractivity contribution is -0.132. The van der Waals surface area contributed by atoms with Crippen LogP contribution in [0.3, 0.4) is 0 Å². The van der Waals surface area contributed by atoms with Crippen LogP contribution in [0.1, 0.15) is 0 Å². The molecule has 3 heterocycles. The van der Waals surface area contributed by atoms with Crippen LogP contribution >= 0.6 is 22.6 Å². The first-order valence-electron chi connectivity index (χ1n) is 6.14. The fourth-order valence-electron chi connectivity index (χ4n) is 2.35. The van der Waals surface area contributed by atoms with E-state index in [9.17, 15) is 4.79 Å². The highest BCUT2D eigenvalue weighted by Gasteiger charge is 2.30. The lowest BCUT2D eigenvalue weighted by atomic mass is 10.0. The van der Waals surface area contributed by atoms with Crippen LogP contribution in [0.25, 0.3) is 11.0 Å². The summed E-state index contributed by atoms with van der Waals surface area (Å²) >= 11 is 2.13. The van der Waals surface area contributed by atoms with E-state index in [1.807, 2.05) is 4.68 Å². The molecule has 0 saturated carbocycles. The molecule has 1 aliphatic rings. The molecule has 0 radical (unpaired) electrons. The van der Waals surface area contributed by atoms with Crippen LogP contribution in [0.15, 0.2) is 19.0 Å². The molecule has 0 unspecified atom stereocenters. The number of amides is 1. The predicted octanol–water partition coefficient (Wildman–Crippen LogP) is 0.658. The summed E-state index contributed by atoms with van der Waals surface area (Å²) in [6.45, 7) is 5.66. The van der Waals surface area contributed by atoms with Crippen molar-refractivity contribution >= 4 is 45.3 Å². The molecule has 20 heavy (non-hydrogen) atoms. The third-order valence-electron chi connectivity index (χ3n) is 3.39. The number of hydrogen-bond acceptors (Lipinski definition) is 5. The van der Waals surface area contributed by atoms with Gasteiger partial charge in [0.15, 0.2) is 5.65 Å². The third kappa shape index (κ3) is 2.13. The molecule has 1 aliphatic heterocycles. The van der Waals surface area contributed by atoms with Crippen molar-refractivity contribution in [2.45, 2.75) is 6.54 Å². The highest BCUT2D eigenvalue weighted by atomic mass is 127. The van der Waals surface area contributed by atoms with Crippen molar-refractivity contribution in [3.8, 4) is 0 Å². The van der Waals surface area contributed by atoms with E-state index >= 15 is 0 Å². The molecule has 1 fully saturated rings. The zero-order chi connectivity index (χ0) is 14.3. The molecule has 3 rings (SSSR count). The van der Waals surface area contributed by atoms with Gasteiger partial charge >= 0.3 is 0 Å². The number of hydrogen-bond donors (Lipinski definition) is 1. The standard InChI is InChI=1S/C12H13IN6O/c1-2-8(20)18-3-7(4-18)5-19-12-9(10(13)17-19)11(14)15-6-16-12/h2,6-7H,1,3-5H2,(H2,14,15,16). The van der Waals surface area contributed by atoms with Crippen molar-refractivity contribution in [2.24, 2.45) is 5.92 Å². The Morgan fingerprint density at radius 2 is 2.30 bits per heavy atom. The van der Waals surface area contributed by atoms with Crippen LogP contribution in [-0.4, -0.2) is 43.6 Å². The van der Waals surface area contributed by atoms with Gasteiger partial charge in [-0.05, 0) is 28.7 Å². The molecule has 0 atom stereocenters. The Morgan fingerprint density at radius 1 is 1.55 bits per heavy atom. The monoisotopic (exact) mass is 384 g/mol. The topological polar surface area (TPSA) is 89.9 Å². The van der Waals surface area contributed by atoms with Crippen molar-refractivity contribution in [1.82, 2.24) is 24.6 Å². The first kappa shape index (κ1) is 13.3. The van der Waals surface area contributed by atoms with Gasteiger partial charge in [0, 0.05) is 25.6 Å². The largest absolute Gasteiger partial charge is 0.383 e. The number of halogens is 1. The number of nitrogens with two attached hydrogens (primary N) is 1. The maximum atomic E-state index is 11.4. The van der Waals surface area contributed by atoms with Gasteiger partial charge in [-0.15, -0.1) is 0 Å². The maximum Gasteiger partial charge on any atom is 0.245 e. The minimum Gasteiger partial charge on any atom is -0.383 e. The third-order valence-corrected chi connectivity index (χ3v) is 4.15. The quantitative estimate of drug-likeness (QED) is 0.620. The minimum absolute atomic E-state index is 0.0206. The molecular weight excluding hydrogens is 371 g/mol. The Bertz CT molecular complexity index is 691. The summed E-state index contributed by atoms with van der Waals surface area (Å²) in [5.41, 5.74) is 6.60. The van der Waals surface area contributed by atoms with E-state index < -0.39 is 0 Å². The SMILES string of the molecule is C=CC(=O)N1CC(Cn2nc(I)c3c(N)ncnc32)C1. The van der Waals surface area contributed by atoms with Crippen molar-refractivity contribution in [1.29, 1.82) is 0 Å². The van der Waals surface area contributed by atoms with Gasteiger partial charge in [-0.2, -0.15) is 5.10 Å². The second kappa shape index (κ2) is 5.00. The highest BCUT2D eigenvalue weighted by Crippen LogP contribution is 2.25. The molecule has 2 aromatic rings. The molecule has 0 spiro atoms. The lowest BCUT2D eigenvalue weighted by Gasteiger charge is -2.38. The number of rotatable bonds is 3. The van der Waals surface area contributed by atoms with Crippen molar-refractivity contribution in [3.63, 3.8) is 0 Å². The van der Waals surface area contributed by atoms with Crippen LogP contribution in [0.4, 0.5) is 5.82 Å². The predicted molar refractivity (Wildman–Crippen MR) is 82.7 cm³/mol. The van der Waals surface area contributed by atoms with E-state index in [0.29, 0.717) is 11.7 Å². The number of anilines is 1. The number of aromatic nitrogens is 4. The smallest absolute Gasteiger partial charge is 0.245 e. The fourth-order valence-corrected chi connectivity index (χ4v) is 3.13. The average molecular weight is 384 g/mol. The number of nitrogens with zero attached hydrogens (tertiary/aromatic N) is 5. The Kier molecular flexibility index (Phi) is 3.32. The molecule has 1 saturated heterocycles. The molecule has 0 aliphatic carbocycles. The van der Waals surface area contributed by atoms with Crippen LogP contribution in [0, 0.1) is 9.62 Å². The van der Waals surface area contributed by atoms with E-state index in [2.05, 4.69) is 44.2 Å². The van der Waals surface area contributed by atoms with Gasteiger partial charge in [0.1, 0.15) is 15.8 Å². The molecular formula is C12H13IN6O. The normalized spacial score (nSPS) is 15.3. The van der Waals surface area contributed by atoms with Crippen molar-refractivity contribution in [3.05, 3.63) is 22.7 Å². The van der Waals surface area contributed by atoms with Crippen LogP contribution in [-0.2, 0) is 11.3 Å². The zero-order valence-electron chi connectivity index (χ0n) is 10.7. The summed E-state index contributed by atoms with van der Waals surface area (Å²) in [5, 5.41) is 5.26. The summed E-state index contributed by atoms with van der Waals surface area (Å²) in [5.74, 6) is 0.810. The number of nitrogen functional groups attached to an aromatic ring is 1. The Balaban J connectivity index is 1.78. The molecule has 7 nitrogen and oxygen atoms in total. The van der Waals surface area contributed by atoms with Gasteiger partial charge in [-0.25, -0.2) is 14.6 Å².